The van der Waals surface area contributed by atoms with Crippen molar-refractivity contribution in [3.8, 4) is 22.8 Å². The number of halogens is 2. The molecule has 0 saturated carbocycles. The maximum atomic E-state index is 13.5. The van der Waals surface area contributed by atoms with Gasteiger partial charge in [-0.3, -0.25) is 10.2 Å². The number of carbonyl (C=O) groups excluding carboxylic acids is 1. The van der Waals surface area contributed by atoms with Gasteiger partial charge in [0.2, 0.25) is 5.89 Å². The number of benzene rings is 3. The van der Waals surface area contributed by atoms with E-state index >= 15 is 0 Å². The molecular formula is C28H28ClFN4O4. The van der Waals surface area contributed by atoms with Crippen LogP contribution < -0.4 is 20.1 Å². The van der Waals surface area contributed by atoms with Crippen LogP contribution in [0.3, 0.4) is 0 Å². The van der Waals surface area contributed by atoms with Crippen LogP contribution in [0.1, 0.15) is 35.1 Å². The van der Waals surface area contributed by atoms with Crippen molar-refractivity contribution >= 4 is 34.1 Å². The Kier molecular flexibility index (Phi) is 8.81. The predicted molar refractivity (Wildman–Crippen MR) is 145 cm³/mol. The summed E-state index contributed by atoms with van der Waals surface area (Å²) in [4.78, 5) is 17.9. The lowest BCUT2D eigenvalue weighted by atomic mass is 10.0. The highest BCUT2D eigenvalue weighted by molar-refractivity contribution is 6.30. The fourth-order valence-electron chi connectivity index (χ4n) is 4.11. The van der Waals surface area contributed by atoms with Crippen molar-refractivity contribution in [2.45, 2.75) is 18.9 Å². The molecule has 0 spiro atoms. The van der Waals surface area contributed by atoms with Gasteiger partial charge >= 0.3 is 0 Å². The lowest BCUT2D eigenvalue weighted by Crippen LogP contribution is -2.31. The summed E-state index contributed by atoms with van der Waals surface area (Å²) in [5, 5.41) is 15.4. The second kappa shape index (κ2) is 12.4. The van der Waals surface area contributed by atoms with Crippen molar-refractivity contribution in [1.82, 2.24) is 15.6 Å². The highest BCUT2D eigenvalue weighted by atomic mass is 35.5. The highest BCUT2D eigenvalue weighted by Gasteiger charge is 2.23. The Morgan fingerprint density at radius 3 is 2.66 bits per heavy atom. The van der Waals surface area contributed by atoms with Crippen molar-refractivity contribution < 1.29 is 23.1 Å². The lowest BCUT2D eigenvalue weighted by molar-refractivity contribution is 0.0924. The van der Waals surface area contributed by atoms with Crippen LogP contribution >= 0.6 is 11.6 Å². The van der Waals surface area contributed by atoms with Gasteiger partial charge in [0, 0.05) is 22.5 Å². The minimum absolute atomic E-state index is 0.193. The quantitative estimate of drug-likeness (QED) is 0.124. The third-order valence-corrected chi connectivity index (χ3v) is 6.24. The van der Waals surface area contributed by atoms with E-state index in [1.165, 1.54) is 7.11 Å². The summed E-state index contributed by atoms with van der Waals surface area (Å²) >= 11 is 6.12. The van der Waals surface area contributed by atoms with E-state index in [1.807, 2.05) is 30.3 Å². The Hall–Kier alpha value is -4.11. The molecule has 10 heteroatoms. The van der Waals surface area contributed by atoms with Crippen molar-refractivity contribution in [3.63, 3.8) is 0 Å². The minimum Gasteiger partial charge on any atom is -0.496 e. The van der Waals surface area contributed by atoms with E-state index in [4.69, 9.17) is 30.9 Å². The number of carbonyl (C=O) groups is 1. The average molecular weight is 539 g/mol. The van der Waals surface area contributed by atoms with Gasteiger partial charge in [0.25, 0.3) is 5.91 Å². The van der Waals surface area contributed by atoms with E-state index in [2.05, 4.69) is 15.6 Å². The van der Waals surface area contributed by atoms with Gasteiger partial charge in [-0.1, -0.05) is 35.9 Å². The molecule has 0 unspecified atom stereocenters. The zero-order valence-electron chi connectivity index (χ0n) is 21.0. The fourth-order valence-corrected chi connectivity index (χ4v) is 4.30. The summed E-state index contributed by atoms with van der Waals surface area (Å²) in [6.07, 6.45) is 2.53. The molecule has 1 heterocycles. The number of nitrogens with one attached hydrogen (secondary N) is 3. The van der Waals surface area contributed by atoms with Gasteiger partial charge in [-0.15, -0.1) is 0 Å². The minimum atomic E-state index is -0.866. The number of ether oxygens (including phenoxy) is 2. The molecule has 198 valence electrons. The summed E-state index contributed by atoms with van der Waals surface area (Å²) in [6.45, 7) is -0.508. The van der Waals surface area contributed by atoms with Gasteiger partial charge in [-0.2, -0.15) is 0 Å². The van der Waals surface area contributed by atoms with E-state index < -0.39 is 12.7 Å². The number of rotatable bonds is 11. The SMILES string of the molecule is COc1cc2c(OC)cccc2cc1C(=O)N[C@@H](CCCNC(=N)CF)c1ncc(-c2cccc(Cl)c2)o1. The number of hydrogen-bond donors (Lipinski definition) is 3. The van der Waals surface area contributed by atoms with Crippen molar-refractivity contribution in [3.05, 3.63) is 77.3 Å². The Morgan fingerprint density at radius 2 is 1.92 bits per heavy atom. The number of nitrogens with zero attached hydrogens (tertiary/aromatic N) is 1. The van der Waals surface area contributed by atoms with Crippen LogP contribution in [0, 0.1) is 5.41 Å². The molecular weight excluding hydrogens is 511 g/mol. The number of fused-ring (bicyclic) bond motifs is 1. The first-order chi connectivity index (χ1) is 18.4. The molecule has 8 nitrogen and oxygen atoms in total. The van der Waals surface area contributed by atoms with Crippen LogP contribution in [0.4, 0.5) is 4.39 Å². The molecule has 0 aliphatic rings. The van der Waals surface area contributed by atoms with Crippen LogP contribution in [-0.2, 0) is 0 Å². The van der Waals surface area contributed by atoms with Crippen LogP contribution in [0.15, 0.2) is 65.2 Å². The zero-order chi connectivity index (χ0) is 27.1. The third-order valence-electron chi connectivity index (χ3n) is 6.00. The first-order valence-electron chi connectivity index (χ1n) is 12.0. The maximum absolute atomic E-state index is 13.5. The van der Waals surface area contributed by atoms with Crippen LogP contribution in [0.2, 0.25) is 5.02 Å². The number of methoxy groups -OCH3 is 2. The van der Waals surface area contributed by atoms with Crippen molar-refractivity contribution in [2.24, 2.45) is 0 Å². The fraction of sp³-hybridized carbons (Fsp3) is 0.250. The van der Waals surface area contributed by atoms with E-state index in [9.17, 15) is 9.18 Å². The zero-order valence-corrected chi connectivity index (χ0v) is 21.8. The van der Waals surface area contributed by atoms with Crippen LogP contribution in [-0.4, -0.2) is 44.2 Å². The van der Waals surface area contributed by atoms with Gasteiger partial charge in [0.15, 0.2) is 5.76 Å². The first-order valence-corrected chi connectivity index (χ1v) is 12.4. The second-order valence-corrected chi connectivity index (χ2v) is 8.95. The molecule has 0 fully saturated rings. The Morgan fingerprint density at radius 1 is 1.13 bits per heavy atom. The highest BCUT2D eigenvalue weighted by Crippen LogP contribution is 2.33. The summed E-state index contributed by atoms with van der Waals surface area (Å²) in [7, 11) is 3.09. The predicted octanol–water partition coefficient (Wildman–Crippen LogP) is 5.95. The van der Waals surface area contributed by atoms with Crippen LogP contribution in [0.25, 0.3) is 22.1 Å². The average Bonchev–Trinajstić information content (AvgIpc) is 3.43. The molecule has 1 atom stereocenters. The molecule has 0 saturated heterocycles. The number of oxazole rings is 1. The lowest BCUT2D eigenvalue weighted by Gasteiger charge is -2.18. The number of amides is 1. The van der Waals surface area contributed by atoms with Gasteiger partial charge in [0.1, 0.15) is 30.1 Å². The largest absolute Gasteiger partial charge is 0.496 e. The molecule has 1 aromatic heterocycles. The number of alkyl halides is 1. The van der Waals surface area contributed by atoms with E-state index in [0.29, 0.717) is 53.1 Å². The molecule has 4 rings (SSSR count). The molecule has 3 aromatic carbocycles. The van der Waals surface area contributed by atoms with Crippen molar-refractivity contribution in [1.29, 1.82) is 5.41 Å². The molecule has 0 aliphatic heterocycles. The van der Waals surface area contributed by atoms with Gasteiger partial charge in [0.05, 0.1) is 26.0 Å². The molecule has 0 aliphatic carbocycles. The van der Waals surface area contributed by atoms with E-state index in [0.717, 1.165) is 16.3 Å². The summed E-state index contributed by atoms with van der Waals surface area (Å²) < 4.78 is 29.6. The standard InChI is InChI=1S/C28H28ClFN4O4/c1-36-23-10-4-6-17-13-21(24(37-2)14-20(17)23)27(35)34-22(9-5-11-32-26(31)15-30)28-33-16-25(38-28)18-7-3-8-19(29)12-18/h3-4,6-8,10,12-14,16,22H,5,9,11,15H2,1-2H3,(H2,31,32)(H,34,35)/t22-/m0/s1. The third kappa shape index (κ3) is 6.23. The smallest absolute Gasteiger partial charge is 0.255 e. The summed E-state index contributed by atoms with van der Waals surface area (Å²) in [5.74, 6) is 1.32. The van der Waals surface area contributed by atoms with Gasteiger partial charge in [-0.05, 0) is 48.6 Å². The molecule has 0 radical (unpaired) electrons. The summed E-state index contributed by atoms with van der Waals surface area (Å²) in [6, 6.07) is 15.7. The van der Waals surface area contributed by atoms with Crippen LogP contribution in [0.5, 0.6) is 11.5 Å². The van der Waals surface area contributed by atoms with Crippen molar-refractivity contribution in [2.75, 3.05) is 27.4 Å². The van der Waals surface area contributed by atoms with Gasteiger partial charge in [-0.25, -0.2) is 9.37 Å². The number of hydrogen-bond acceptors (Lipinski definition) is 6. The number of amidine groups is 1. The monoisotopic (exact) mass is 538 g/mol. The van der Waals surface area contributed by atoms with E-state index in [1.54, 1.807) is 37.6 Å². The Bertz CT molecular complexity index is 1440. The molecule has 3 N–H and O–H groups in total. The Labute approximate surface area is 224 Å². The maximum Gasteiger partial charge on any atom is 0.255 e. The Balaban J connectivity index is 1.61. The number of aromatic nitrogens is 1. The topological polar surface area (TPSA) is 109 Å². The second-order valence-electron chi connectivity index (χ2n) is 8.51. The summed E-state index contributed by atoms with van der Waals surface area (Å²) in [5.41, 5.74) is 1.10. The van der Waals surface area contributed by atoms with Gasteiger partial charge < -0.3 is 24.5 Å². The van der Waals surface area contributed by atoms with E-state index in [-0.39, 0.29) is 11.7 Å². The molecule has 4 aromatic rings. The molecule has 0 bridgehead atoms. The first kappa shape index (κ1) is 26.9. The normalized spacial score (nSPS) is 11.7. The molecule has 38 heavy (non-hydrogen) atoms. The molecule has 1 amide bonds.